The smallest absolute Gasteiger partial charge is 0.194 e. The van der Waals surface area contributed by atoms with E-state index in [0.29, 0.717) is 25.1 Å². The Morgan fingerprint density at radius 2 is 1.04 bits per heavy atom. The Hall–Kier alpha value is 0.610. The van der Waals surface area contributed by atoms with Crippen LogP contribution < -0.4 is 17.0 Å². The van der Waals surface area contributed by atoms with E-state index in [2.05, 4.69) is 13.8 Å². The first-order valence-electron chi connectivity index (χ1n) is 9.90. The Bertz CT molecular complexity index is 282. The van der Waals surface area contributed by atoms with Gasteiger partial charge in [-0.2, -0.15) is 0 Å². The summed E-state index contributed by atoms with van der Waals surface area (Å²) in [6, 6.07) is 0. The summed E-state index contributed by atoms with van der Waals surface area (Å²) in [7, 11) is 1.81. The largest absolute Gasteiger partial charge is 1.00 e. The Labute approximate surface area is 170 Å². The zero-order valence-corrected chi connectivity index (χ0v) is 18.8. The molecule has 0 bridgehead atoms. The topological polar surface area (TPSA) is 60.7 Å². The lowest BCUT2D eigenvalue weighted by Gasteiger charge is -2.45. The van der Waals surface area contributed by atoms with Crippen molar-refractivity contribution in [1.82, 2.24) is 0 Å². The lowest BCUT2D eigenvalue weighted by molar-refractivity contribution is -1.03. The molecule has 0 radical (unpaired) electrons. The molecule has 154 valence electrons. The van der Waals surface area contributed by atoms with E-state index >= 15 is 0 Å². The Balaban J connectivity index is 0. The molecule has 0 heterocycles. The van der Waals surface area contributed by atoms with E-state index in [-0.39, 0.29) is 21.5 Å². The number of unbranched alkanes of at least 4 members (excludes halogenated alkanes) is 6. The Morgan fingerprint density at radius 1 is 0.680 bits per heavy atom. The van der Waals surface area contributed by atoms with Gasteiger partial charge in [-0.1, -0.05) is 46.0 Å². The van der Waals surface area contributed by atoms with Gasteiger partial charge >= 0.3 is 0 Å². The summed E-state index contributed by atoms with van der Waals surface area (Å²) < 4.78 is -0.0612. The SMILES string of the molecule is CCCCCC(O)[N+](C)(C(O)CCCCC)C(O)CCCCCCl.[Br-]. The molecule has 3 unspecified atom stereocenters. The molecule has 0 aromatic carbocycles. The van der Waals surface area contributed by atoms with E-state index in [0.717, 1.165) is 57.8 Å². The van der Waals surface area contributed by atoms with E-state index in [1.54, 1.807) is 7.05 Å². The molecule has 25 heavy (non-hydrogen) atoms. The molecule has 0 aromatic rings. The van der Waals surface area contributed by atoms with Crippen LogP contribution >= 0.6 is 11.6 Å². The van der Waals surface area contributed by atoms with Gasteiger partial charge in [-0.25, -0.2) is 0 Å². The van der Waals surface area contributed by atoms with Gasteiger partial charge in [0.1, 0.15) is 0 Å². The Kier molecular flexibility index (Phi) is 18.7. The molecule has 0 saturated carbocycles. The second-order valence-electron chi connectivity index (χ2n) is 7.19. The molecule has 4 nitrogen and oxygen atoms in total. The molecule has 0 amide bonds. The third kappa shape index (κ3) is 10.5. The molecule has 6 heteroatoms. The molecule has 3 N–H and O–H groups in total. The number of nitrogens with zero attached hydrogens (tertiary/aromatic N) is 1. The van der Waals surface area contributed by atoms with Gasteiger partial charge in [0.05, 0.1) is 7.05 Å². The van der Waals surface area contributed by atoms with E-state index in [4.69, 9.17) is 11.6 Å². The van der Waals surface area contributed by atoms with Crippen LogP contribution in [0.1, 0.15) is 90.9 Å². The maximum absolute atomic E-state index is 10.7. The van der Waals surface area contributed by atoms with Gasteiger partial charge in [-0.3, -0.25) is 4.48 Å². The van der Waals surface area contributed by atoms with E-state index in [1.165, 1.54) is 0 Å². The predicted octanol–water partition coefficient (Wildman–Crippen LogP) is 1.35. The van der Waals surface area contributed by atoms with Crippen LogP contribution in [0.2, 0.25) is 0 Å². The lowest BCUT2D eigenvalue weighted by atomic mass is 10.1. The average molecular weight is 447 g/mol. The standard InChI is InChI=1S/C19H41ClNO3.BrH/c1-4-6-9-13-17(22)21(3,18(23)14-10-7-5-2)19(24)15-11-8-12-16-20;/h17-19,22-24H,4-16H2,1-3H3;1H/q+1;/p-1. The molecule has 0 saturated heterocycles. The van der Waals surface area contributed by atoms with Crippen molar-refractivity contribution < 1.29 is 36.8 Å². The second-order valence-corrected chi connectivity index (χ2v) is 7.57. The number of rotatable bonds is 16. The average Bonchev–Trinajstić information content (AvgIpc) is 2.57. The molecule has 0 aliphatic heterocycles. The number of aliphatic hydroxyl groups is 3. The van der Waals surface area contributed by atoms with E-state index in [1.807, 2.05) is 0 Å². The second kappa shape index (κ2) is 16.8. The summed E-state index contributed by atoms with van der Waals surface area (Å²) in [6.07, 6.45) is 8.57. The highest BCUT2D eigenvalue weighted by atomic mass is 79.9. The normalized spacial score (nSPS) is 17.4. The van der Waals surface area contributed by atoms with Crippen molar-refractivity contribution in [1.29, 1.82) is 0 Å². The van der Waals surface area contributed by atoms with Gasteiger partial charge in [-0.05, 0) is 25.7 Å². The van der Waals surface area contributed by atoms with Gasteiger partial charge in [0.2, 0.25) is 0 Å². The van der Waals surface area contributed by atoms with Crippen LogP contribution in [0.25, 0.3) is 0 Å². The zero-order valence-electron chi connectivity index (χ0n) is 16.5. The van der Waals surface area contributed by atoms with E-state index in [9.17, 15) is 15.3 Å². The van der Waals surface area contributed by atoms with Gasteiger partial charge in [0.25, 0.3) is 0 Å². The maximum Gasteiger partial charge on any atom is 0.194 e. The summed E-state index contributed by atoms with van der Waals surface area (Å²) in [4.78, 5) is 0. The van der Waals surface area contributed by atoms with Crippen molar-refractivity contribution in [2.75, 3.05) is 12.9 Å². The molecule has 3 atom stereocenters. The fourth-order valence-electron chi connectivity index (χ4n) is 3.18. The van der Waals surface area contributed by atoms with Crippen molar-refractivity contribution in [2.24, 2.45) is 0 Å². The third-order valence-electron chi connectivity index (χ3n) is 5.15. The van der Waals surface area contributed by atoms with Crippen LogP contribution in [0, 0.1) is 0 Å². The summed E-state index contributed by atoms with van der Waals surface area (Å²) in [6.45, 7) is 4.26. The molecular weight excluding hydrogens is 406 g/mol. The van der Waals surface area contributed by atoms with Gasteiger partial charge < -0.3 is 32.3 Å². The first-order valence-corrected chi connectivity index (χ1v) is 10.4. The summed E-state index contributed by atoms with van der Waals surface area (Å²) in [5.41, 5.74) is 0. The van der Waals surface area contributed by atoms with Crippen molar-refractivity contribution in [3.63, 3.8) is 0 Å². The highest BCUT2D eigenvalue weighted by molar-refractivity contribution is 6.17. The van der Waals surface area contributed by atoms with Crippen LogP contribution in [-0.2, 0) is 0 Å². The van der Waals surface area contributed by atoms with Crippen molar-refractivity contribution >= 4 is 11.6 Å². The highest BCUT2D eigenvalue weighted by Crippen LogP contribution is 2.27. The van der Waals surface area contributed by atoms with Crippen LogP contribution in [0.3, 0.4) is 0 Å². The number of alkyl halides is 1. The number of halogens is 2. The summed E-state index contributed by atoms with van der Waals surface area (Å²) in [5.74, 6) is 0.640. The first kappa shape index (κ1) is 27.8. The number of quaternary nitrogens is 1. The van der Waals surface area contributed by atoms with Crippen molar-refractivity contribution in [3.8, 4) is 0 Å². The minimum absolute atomic E-state index is 0. The molecule has 0 aliphatic rings. The maximum atomic E-state index is 10.7. The van der Waals surface area contributed by atoms with Crippen molar-refractivity contribution in [2.45, 2.75) is 110 Å². The molecule has 0 aliphatic carbocycles. The fraction of sp³-hybridized carbons (Fsp3) is 1.00. The predicted molar refractivity (Wildman–Crippen MR) is 102 cm³/mol. The van der Waals surface area contributed by atoms with E-state index < -0.39 is 18.7 Å². The minimum atomic E-state index is -0.742. The van der Waals surface area contributed by atoms with Crippen LogP contribution in [0.5, 0.6) is 0 Å². The summed E-state index contributed by atoms with van der Waals surface area (Å²) in [5, 5.41) is 32.2. The van der Waals surface area contributed by atoms with Crippen LogP contribution in [0.4, 0.5) is 0 Å². The molecule has 0 fully saturated rings. The van der Waals surface area contributed by atoms with Crippen LogP contribution in [-0.4, -0.2) is 51.4 Å². The molecule has 0 rings (SSSR count). The Morgan fingerprint density at radius 3 is 1.36 bits per heavy atom. The quantitative estimate of drug-likeness (QED) is 0.145. The monoisotopic (exact) mass is 445 g/mol. The lowest BCUT2D eigenvalue weighted by Crippen LogP contribution is -3.00. The van der Waals surface area contributed by atoms with Crippen molar-refractivity contribution in [3.05, 3.63) is 0 Å². The zero-order chi connectivity index (χ0) is 18.4. The number of aliphatic hydroxyl groups excluding tert-OH is 3. The molecule has 0 spiro atoms. The first-order chi connectivity index (χ1) is 11.4. The number of hydrogen-bond donors (Lipinski definition) is 3. The molecular formula is C19H41BrClNO3. The molecule has 0 aromatic heterocycles. The minimum Gasteiger partial charge on any atom is -1.00 e. The highest BCUT2D eigenvalue weighted by Gasteiger charge is 2.43. The third-order valence-corrected chi connectivity index (χ3v) is 5.42. The van der Waals surface area contributed by atoms with Crippen LogP contribution in [0.15, 0.2) is 0 Å². The van der Waals surface area contributed by atoms with Gasteiger partial charge in [0.15, 0.2) is 18.7 Å². The summed E-state index contributed by atoms with van der Waals surface area (Å²) >= 11 is 5.70. The fourth-order valence-corrected chi connectivity index (χ4v) is 3.37. The number of hydrogen-bond acceptors (Lipinski definition) is 3. The van der Waals surface area contributed by atoms with Gasteiger partial charge in [0, 0.05) is 25.1 Å². The van der Waals surface area contributed by atoms with Gasteiger partial charge in [-0.15, -0.1) is 11.6 Å².